The fourth-order valence-electron chi connectivity index (χ4n) is 3.18. The van der Waals surface area contributed by atoms with Gasteiger partial charge in [0.15, 0.2) is 0 Å². The van der Waals surface area contributed by atoms with E-state index in [0.717, 1.165) is 12.5 Å². The molecule has 1 aliphatic carbocycles. The van der Waals surface area contributed by atoms with Gasteiger partial charge in [-0.05, 0) is 53.7 Å². The van der Waals surface area contributed by atoms with Gasteiger partial charge in [0.1, 0.15) is 0 Å². The summed E-state index contributed by atoms with van der Waals surface area (Å²) in [5, 5.41) is 5.87. The summed E-state index contributed by atoms with van der Waals surface area (Å²) >= 11 is 5.43. The summed E-state index contributed by atoms with van der Waals surface area (Å²) in [5.41, 5.74) is 0. The van der Waals surface area contributed by atoms with Crippen LogP contribution in [0, 0.1) is 5.92 Å². The first kappa shape index (κ1) is 15.5. The van der Waals surface area contributed by atoms with Crippen LogP contribution in [-0.4, -0.2) is 12.6 Å². The molecule has 0 aromatic carbocycles. The molecule has 0 radical (unpaired) electrons. The van der Waals surface area contributed by atoms with E-state index in [9.17, 15) is 0 Å². The van der Waals surface area contributed by atoms with Gasteiger partial charge < -0.3 is 5.32 Å². The number of hydrogen-bond acceptors (Lipinski definition) is 2. The Bertz CT molecular complexity index is 357. The highest BCUT2D eigenvalue weighted by Crippen LogP contribution is 2.28. The van der Waals surface area contributed by atoms with E-state index in [1.807, 2.05) is 11.3 Å². The van der Waals surface area contributed by atoms with Crippen molar-refractivity contribution in [1.82, 2.24) is 5.32 Å². The van der Waals surface area contributed by atoms with E-state index < -0.39 is 0 Å². The van der Waals surface area contributed by atoms with E-state index in [-0.39, 0.29) is 0 Å². The third kappa shape index (κ3) is 5.57. The van der Waals surface area contributed by atoms with Crippen LogP contribution in [-0.2, 0) is 6.42 Å². The van der Waals surface area contributed by atoms with Crippen molar-refractivity contribution in [2.45, 2.75) is 64.3 Å². The lowest BCUT2D eigenvalue weighted by molar-refractivity contribution is 0.313. The molecule has 3 heteroatoms. The van der Waals surface area contributed by atoms with Crippen LogP contribution in [0.25, 0.3) is 0 Å². The molecule has 1 unspecified atom stereocenters. The summed E-state index contributed by atoms with van der Waals surface area (Å²) in [6, 6.07) is 2.94. The Morgan fingerprint density at radius 3 is 2.79 bits per heavy atom. The highest BCUT2D eigenvalue weighted by molar-refractivity contribution is 9.10. The zero-order valence-electron chi connectivity index (χ0n) is 12.0. The minimum absolute atomic E-state index is 0.664. The molecular weight excluding hydrogens is 318 g/mol. The molecule has 0 spiro atoms. The highest BCUT2D eigenvalue weighted by atomic mass is 79.9. The summed E-state index contributed by atoms with van der Waals surface area (Å²) in [7, 11) is 0. The summed E-state index contributed by atoms with van der Waals surface area (Å²) in [4.78, 5) is 1.50. The largest absolute Gasteiger partial charge is 0.314 e. The van der Waals surface area contributed by atoms with E-state index in [4.69, 9.17) is 0 Å². The van der Waals surface area contributed by atoms with Crippen molar-refractivity contribution in [3.63, 3.8) is 0 Å². The summed E-state index contributed by atoms with van der Waals surface area (Å²) < 4.78 is 1.23. The van der Waals surface area contributed by atoms with Crippen LogP contribution in [0.15, 0.2) is 15.9 Å². The maximum atomic E-state index is 3.67. The van der Waals surface area contributed by atoms with Crippen molar-refractivity contribution in [3.05, 3.63) is 20.8 Å². The number of rotatable bonds is 7. The first-order valence-electron chi connectivity index (χ1n) is 7.74. The summed E-state index contributed by atoms with van der Waals surface area (Å²) in [6.45, 7) is 3.31. The van der Waals surface area contributed by atoms with Crippen LogP contribution in [0.4, 0.5) is 0 Å². The molecule has 108 valence electrons. The normalized spacial score (nSPS) is 18.6. The minimum Gasteiger partial charge on any atom is -0.314 e. The van der Waals surface area contributed by atoms with E-state index in [1.54, 1.807) is 0 Å². The van der Waals surface area contributed by atoms with Crippen LogP contribution >= 0.6 is 27.3 Å². The van der Waals surface area contributed by atoms with Crippen LogP contribution < -0.4 is 5.32 Å². The molecule has 1 heterocycles. The maximum absolute atomic E-state index is 3.67. The Kier molecular flexibility index (Phi) is 6.89. The molecule has 19 heavy (non-hydrogen) atoms. The average molecular weight is 344 g/mol. The second-order valence-electron chi connectivity index (χ2n) is 5.77. The predicted octanol–water partition coefficient (Wildman–Crippen LogP) is 5.39. The molecule has 0 bridgehead atoms. The fraction of sp³-hybridized carbons (Fsp3) is 0.750. The molecule has 0 amide bonds. The summed E-state index contributed by atoms with van der Waals surface area (Å²) in [5.74, 6) is 1.00. The number of halogens is 1. The number of nitrogens with one attached hydrogen (secondary N) is 1. The molecule has 1 nitrogen and oxygen atoms in total. The summed E-state index contributed by atoms with van der Waals surface area (Å²) in [6.07, 6.45) is 11.3. The standard InChI is InChI=1S/C16H26BrNS/c1-2-18-15(11-16-10-14(17)12-19-16)9-8-13-6-4-3-5-7-13/h10,12-13,15,18H,2-9,11H2,1H3. The number of likely N-dealkylation sites (N-methyl/N-ethyl adjacent to an activating group) is 1. The van der Waals surface area contributed by atoms with Gasteiger partial charge in [0, 0.05) is 20.8 Å². The first-order chi connectivity index (χ1) is 9.28. The van der Waals surface area contributed by atoms with Crippen molar-refractivity contribution in [2.75, 3.05) is 6.54 Å². The van der Waals surface area contributed by atoms with E-state index >= 15 is 0 Å². The molecule has 0 aliphatic heterocycles. The van der Waals surface area contributed by atoms with Gasteiger partial charge in [-0.3, -0.25) is 0 Å². The smallest absolute Gasteiger partial charge is 0.0285 e. The van der Waals surface area contributed by atoms with E-state index in [2.05, 4.69) is 39.6 Å². The van der Waals surface area contributed by atoms with Gasteiger partial charge in [-0.2, -0.15) is 0 Å². The topological polar surface area (TPSA) is 12.0 Å². The average Bonchev–Trinajstić information content (AvgIpc) is 2.83. The van der Waals surface area contributed by atoms with Crippen molar-refractivity contribution in [1.29, 1.82) is 0 Å². The number of thiophene rings is 1. The molecule has 0 saturated heterocycles. The van der Waals surface area contributed by atoms with Crippen LogP contribution in [0.5, 0.6) is 0 Å². The Balaban J connectivity index is 1.78. The molecule has 1 aliphatic rings. The maximum Gasteiger partial charge on any atom is 0.0285 e. The first-order valence-corrected chi connectivity index (χ1v) is 9.41. The van der Waals surface area contributed by atoms with Crippen LogP contribution in [0.1, 0.15) is 56.7 Å². The molecule has 1 aromatic heterocycles. The van der Waals surface area contributed by atoms with Crippen molar-refractivity contribution in [2.24, 2.45) is 5.92 Å². The predicted molar refractivity (Wildman–Crippen MR) is 89.0 cm³/mol. The zero-order chi connectivity index (χ0) is 13.5. The Hall–Kier alpha value is 0.140. The Labute approximate surface area is 130 Å². The molecule has 1 saturated carbocycles. The molecule has 2 rings (SSSR count). The fourth-order valence-corrected chi connectivity index (χ4v) is 4.71. The molecule has 1 fully saturated rings. The van der Waals surface area contributed by atoms with Gasteiger partial charge in [0.2, 0.25) is 0 Å². The van der Waals surface area contributed by atoms with E-state index in [0.29, 0.717) is 6.04 Å². The second-order valence-corrected chi connectivity index (χ2v) is 7.68. The monoisotopic (exact) mass is 343 g/mol. The third-order valence-electron chi connectivity index (χ3n) is 4.21. The lowest BCUT2D eigenvalue weighted by Crippen LogP contribution is -2.31. The zero-order valence-corrected chi connectivity index (χ0v) is 14.4. The number of hydrogen-bond donors (Lipinski definition) is 1. The minimum atomic E-state index is 0.664. The van der Waals surface area contributed by atoms with Gasteiger partial charge >= 0.3 is 0 Å². The van der Waals surface area contributed by atoms with Crippen molar-refractivity contribution in [3.8, 4) is 0 Å². The van der Waals surface area contributed by atoms with Crippen LogP contribution in [0.3, 0.4) is 0 Å². The Morgan fingerprint density at radius 1 is 1.37 bits per heavy atom. The van der Waals surface area contributed by atoms with Gasteiger partial charge in [-0.1, -0.05) is 39.0 Å². The molecular formula is C16H26BrNS. The highest BCUT2D eigenvalue weighted by Gasteiger charge is 2.16. The SMILES string of the molecule is CCNC(CCC1CCCCC1)Cc1cc(Br)cs1. The lowest BCUT2D eigenvalue weighted by Gasteiger charge is -2.24. The quantitative estimate of drug-likeness (QED) is 0.699. The molecule has 1 atom stereocenters. The van der Waals surface area contributed by atoms with Gasteiger partial charge in [0.05, 0.1) is 0 Å². The van der Waals surface area contributed by atoms with Gasteiger partial charge in [0.25, 0.3) is 0 Å². The van der Waals surface area contributed by atoms with E-state index in [1.165, 1.54) is 60.7 Å². The van der Waals surface area contributed by atoms with Gasteiger partial charge in [-0.15, -0.1) is 11.3 Å². The van der Waals surface area contributed by atoms with Crippen molar-refractivity contribution >= 4 is 27.3 Å². The third-order valence-corrected chi connectivity index (χ3v) is 5.93. The lowest BCUT2D eigenvalue weighted by atomic mass is 9.85. The second kappa shape index (κ2) is 8.43. The Morgan fingerprint density at radius 2 is 2.16 bits per heavy atom. The van der Waals surface area contributed by atoms with Crippen molar-refractivity contribution < 1.29 is 0 Å². The van der Waals surface area contributed by atoms with Gasteiger partial charge in [-0.25, -0.2) is 0 Å². The van der Waals surface area contributed by atoms with Crippen LogP contribution in [0.2, 0.25) is 0 Å². The molecule has 1 N–H and O–H groups in total. The molecule has 1 aromatic rings.